The van der Waals surface area contributed by atoms with E-state index in [1.54, 1.807) is 0 Å². The average molecular weight is 294 g/mol. The zero-order valence-electron chi connectivity index (χ0n) is 12.9. The van der Waals surface area contributed by atoms with Crippen LogP contribution in [0.5, 0.6) is 0 Å². The van der Waals surface area contributed by atoms with Crippen molar-refractivity contribution in [3.8, 4) is 0 Å². The molecule has 1 aromatic rings. The number of likely N-dealkylation sites (tertiary alicyclic amines) is 1. The number of anilines is 1. The predicted octanol–water partition coefficient (Wildman–Crippen LogP) is 2.13. The zero-order chi connectivity index (χ0) is 14.1. The quantitative estimate of drug-likeness (QED) is 0.852. The molecule has 1 aromatic heterocycles. The highest BCUT2D eigenvalue weighted by Crippen LogP contribution is 2.28. The number of fused-ring (bicyclic) bond motifs is 3. The minimum Gasteiger partial charge on any atom is -0.354 e. The summed E-state index contributed by atoms with van der Waals surface area (Å²) in [6, 6.07) is 0.753. The maximum atomic E-state index is 4.50. The lowest BCUT2D eigenvalue weighted by atomic mass is 10.00. The number of nitrogens with zero attached hydrogens (tertiary/aromatic N) is 4. The Balaban J connectivity index is 1.67. The number of rotatable bonds is 3. The van der Waals surface area contributed by atoms with Gasteiger partial charge in [-0.15, -0.1) is 11.3 Å². The summed E-state index contributed by atoms with van der Waals surface area (Å²) >= 11 is 1.83. The Morgan fingerprint density at radius 3 is 2.90 bits per heavy atom. The summed E-state index contributed by atoms with van der Waals surface area (Å²) < 4.78 is 0. The van der Waals surface area contributed by atoms with Crippen molar-refractivity contribution in [3.63, 3.8) is 0 Å². The van der Waals surface area contributed by atoms with E-state index in [0.717, 1.165) is 23.6 Å². The molecule has 3 rings (SSSR count). The van der Waals surface area contributed by atoms with Crippen LogP contribution in [0, 0.1) is 5.92 Å². The van der Waals surface area contributed by atoms with Crippen molar-refractivity contribution in [2.75, 3.05) is 45.7 Å². The number of likely N-dealkylation sites (N-methyl/N-ethyl adjacent to an activating group) is 1. The molecule has 3 heterocycles. The highest BCUT2D eigenvalue weighted by molar-refractivity contribution is 7.15. The molecule has 2 bridgehead atoms. The third-order valence-corrected chi connectivity index (χ3v) is 5.76. The van der Waals surface area contributed by atoms with E-state index in [0.29, 0.717) is 0 Å². The van der Waals surface area contributed by atoms with Gasteiger partial charge < -0.3 is 9.80 Å². The van der Waals surface area contributed by atoms with E-state index in [-0.39, 0.29) is 0 Å². The normalized spacial score (nSPS) is 28.4. The van der Waals surface area contributed by atoms with Gasteiger partial charge >= 0.3 is 0 Å². The summed E-state index contributed by atoms with van der Waals surface area (Å²) in [6.45, 7) is 4.84. The first kappa shape index (κ1) is 14.3. The Morgan fingerprint density at radius 1 is 1.30 bits per heavy atom. The van der Waals surface area contributed by atoms with Crippen LogP contribution in [0.25, 0.3) is 0 Å². The summed E-state index contributed by atoms with van der Waals surface area (Å²) in [5.74, 6) is 0.855. The minimum absolute atomic E-state index is 0.753. The van der Waals surface area contributed by atoms with E-state index in [2.05, 4.69) is 47.0 Å². The first-order valence-electron chi connectivity index (χ1n) is 7.66. The van der Waals surface area contributed by atoms with Gasteiger partial charge in [-0.1, -0.05) is 6.42 Å². The van der Waals surface area contributed by atoms with Gasteiger partial charge in [0.05, 0.1) is 0 Å². The molecule has 2 fully saturated rings. The number of thiazole rings is 1. The number of hydrogen-bond acceptors (Lipinski definition) is 5. The van der Waals surface area contributed by atoms with Gasteiger partial charge in [-0.05, 0) is 25.8 Å². The number of hydrogen-bond donors (Lipinski definition) is 0. The van der Waals surface area contributed by atoms with Gasteiger partial charge in [0.15, 0.2) is 5.13 Å². The van der Waals surface area contributed by atoms with E-state index in [1.165, 1.54) is 43.8 Å². The molecule has 4 nitrogen and oxygen atoms in total. The molecule has 0 spiro atoms. The highest BCUT2D eigenvalue weighted by Gasteiger charge is 2.30. The highest BCUT2D eigenvalue weighted by atomic mass is 32.1. The molecule has 0 unspecified atom stereocenters. The summed E-state index contributed by atoms with van der Waals surface area (Å²) in [5, 5.41) is 1.12. The van der Waals surface area contributed by atoms with Crippen molar-refractivity contribution in [1.29, 1.82) is 0 Å². The van der Waals surface area contributed by atoms with E-state index in [4.69, 9.17) is 0 Å². The molecule has 0 aliphatic carbocycles. The van der Waals surface area contributed by atoms with Crippen LogP contribution in [0.2, 0.25) is 0 Å². The Morgan fingerprint density at radius 2 is 2.15 bits per heavy atom. The molecular formula is C15H26N4S. The second kappa shape index (κ2) is 6.00. The lowest BCUT2D eigenvalue weighted by Crippen LogP contribution is -2.38. The van der Waals surface area contributed by atoms with Gasteiger partial charge in [0.25, 0.3) is 0 Å². The molecule has 2 atom stereocenters. The lowest BCUT2D eigenvalue weighted by molar-refractivity contribution is 0.188. The Labute approximate surface area is 126 Å². The second-order valence-electron chi connectivity index (χ2n) is 6.59. The van der Waals surface area contributed by atoms with Gasteiger partial charge in [-0.25, -0.2) is 4.98 Å². The average Bonchev–Trinajstić information content (AvgIpc) is 2.69. The van der Waals surface area contributed by atoms with Crippen LogP contribution < -0.4 is 4.90 Å². The largest absolute Gasteiger partial charge is 0.354 e. The molecule has 2 aliphatic heterocycles. The van der Waals surface area contributed by atoms with Gasteiger partial charge in [0, 0.05) is 57.4 Å². The Bertz CT molecular complexity index is 445. The molecule has 2 saturated heterocycles. The Kier molecular flexibility index (Phi) is 4.29. The lowest BCUT2D eigenvalue weighted by Gasteiger charge is -2.29. The third kappa shape index (κ3) is 3.15. The molecule has 0 radical (unpaired) electrons. The Hall–Kier alpha value is -0.650. The monoisotopic (exact) mass is 294 g/mol. The molecule has 2 aliphatic rings. The van der Waals surface area contributed by atoms with Crippen LogP contribution in [0.4, 0.5) is 5.13 Å². The molecule has 5 heteroatoms. The van der Waals surface area contributed by atoms with Crippen molar-refractivity contribution < 1.29 is 0 Å². The van der Waals surface area contributed by atoms with Crippen molar-refractivity contribution in [2.45, 2.75) is 31.8 Å². The first-order valence-corrected chi connectivity index (χ1v) is 8.48. The van der Waals surface area contributed by atoms with E-state index in [1.807, 2.05) is 11.3 Å². The summed E-state index contributed by atoms with van der Waals surface area (Å²) in [6.07, 6.45) is 6.25. The second-order valence-corrected chi connectivity index (χ2v) is 7.68. The van der Waals surface area contributed by atoms with Crippen LogP contribution >= 0.6 is 11.3 Å². The van der Waals surface area contributed by atoms with Crippen molar-refractivity contribution >= 4 is 16.5 Å². The van der Waals surface area contributed by atoms with Gasteiger partial charge in [-0.2, -0.15) is 0 Å². The summed E-state index contributed by atoms with van der Waals surface area (Å²) in [4.78, 5) is 13.2. The van der Waals surface area contributed by atoms with Crippen molar-refractivity contribution in [2.24, 2.45) is 5.92 Å². The van der Waals surface area contributed by atoms with E-state index in [9.17, 15) is 0 Å². The third-order valence-electron chi connectivity index (χ3n) is 4.61. The molecular weight excluding hydrogens is 268 g/mol. The van der Waals surface area contributed by atoms with Crippen LogP contribution in [0.15, 0.2) is 6.20 Å². The standard InChI is InChI=1S/C15H26N4S/c1-17(2)15-16-7-14(20-15)11-19-9-12-5-4-6-13(10-19)18(3)8-12/h7,12-13H,4-6,8-11H2,1-3H3/t12-,13-/m0/s1. The molecule has 112 valence electrons. The topological polar surface area (TPSA) is 22.6 Å². The molecule has 0 aromatic carbocycles. The summed E-state index contributed by atoms with van der Waals surface area (Å²) in [5.41, 5.74) is 0. The van der Waals surface area contributed by atoms with Crippen LogP contribution in [-0.4, -0.2) is 61.6 Å². The molecule has 20 heavy (non-hydrogen) atoms. The van der Waals surface area contributed by atoms with Crippen LogP contribution in [-0.2, 0) is 6.54 Å². The van der Waals surface area contributed by atoms with Crippen molar-refractivity contribution in [3.05, 3.63) is 11.1 Å². The van der Waals surface area contributed by atoms with Gasteiger partial charge in [0.1, 0.15) is 0 Å². The SMILES string of the molecule is CN(C)c1ncc(CN2C[C@H]3CCC[C@@H](C2)N(C)C3)s1. The van der Waals surface area contributed by atoms with Crippen molar-refractivity contribution in [1.82, 2.24) is 14.8 Å². The van der Waals surface area contributed by atoms with E-state index >= 15 is 0 Å². The predicted molar refractivity (Wildman–Crippen MR) is 85.5 cm³/mol. The smallest absolute Gasteiger partial charge is 0.185 e. The molecule has 0 saturated carbocycles. The van der Waals surface area contributed by atoms with Crippen LogP contribution in [0.3, 0.4) is 0 Å². The van der Waals surface area contributed by atoms with E-state index < -0.39 is 0 Å². The maximum absolute atomic E-state index is 4.50. The van der Waals surface area contributed by atoms with Crippen LogP contribution in [0.1, 0.15) is 24.1 Å². The fraction of sp³-hybridized carbons (Fsp3) is 0.800. The molecule has 0 amide bonds. The molecule has 0 N–H and O–H groups in total. The number of aromatic nitrogens is 1. The first-order chi connectivity index (χ1) is 9.61. The minimum atomic E-state index is 0.753. The van der Waals surface area contributed by atoms with Gasteiger partial charge in [-0.3, -0.25) is 4.90 Å². The zero-order valence-corrected chi connectivity index (χ0v) is 13.7. The van der Waals surface area contributed by atoms with Gasteiger partial charge in [0.2, 0.25) is 0 Å². The fourth-order valence-corrected chi connectivity index (χ4v) is 4.43. The summed E-state index contributed by atoms with van der Waals surface area (Å²) in [7, 11) is 6.44. The maximum Gasteiger partial charge on any atom is 0.185 e. The fourth-order valence-electron chi connectivity index (χ4n) is 3.55.